The summed E-state index contributed by atoms with van der Waals surface area (Å²) in [6.45, 7) is 16.9. The van der Waals surface area contributed by atoms with Gasteiger partial charge in [-0.2, -0.15) is 0 Å². The predicted octanol–water partition coefficient (Wildman–Crippen LogP) is 8.08. The van der Waals surface area contributed by atoms with Gasteiger partial charge in [-0.1, -0.05) is 56.0 Å². The van der Waals surface area contributed by atoms with Gasteiger partial charge in [0.25, 0.3) is 0 Å². The lowest BCUT2D eigenvalue weighted by atomic mass is 9.78. The molecule has 0 aliphatic carbocycles. The fourth-order valence-corrected chi connectivity index (χ4v) is 9.00. The lowest BCUT2D eigenvalue weighted by molar-refractivity contribution is 0.0647. The monoisotopic (exact) mass is 700 g/mol. The first-order valence-electron chi connectivity index (χ1n) is 17.1. The molecule has 5 aliphatic rings. The molecule has 1 aromatic carbocycles. The lowest BCUT2D eigenvalue weighted by Crippen LogP contribution is -2.59. The minimum atomic E-state index is -0.885. The van der Waals surface area contributed by atoms with Gasteiger partial charge >= 0.3 is 0 Å². The molecule has 5 atom stereocenters. The number of pyridine rings is 1. The second-order valence-corrected chi connectivity index (χ2v) is 15.4. The Morgan fingerprint density at radius 3 is 2.73 bits per heavy atom. The SMILES string of the molecule is C=CN(CCN1CC(C)(c2ccccn2)C1)[C@H]1CC2=C(C3=NC(CCC(C)F)C=C3)[C@H](c3ccc(F)cc3Cl)N=C(C3SC=CC3=C)N2C1. The maximum absolute atomic E-state index is 14.3. The van der Waals surface area contributed by atoms with Crippen LogP contribution in [0.1, 0.15) is 50.4 Å². The summed E-state index contributed by atoms with van der Waals surface area (Å²) in [5.74, 6) is 0.534. The van der Waals surface area contributed by atoms with E-state index in [9.17, 15) is 8.78 Å². The molecule has 2 aromatic rings. The standard InChI is InChI=1S/C39H43ClF2N6S/c1-5-47(18-17-46-23-39(4,24-46)34-8-6-7-16-43-34)29-21-33-35(32-14-12-28(44-32)11-9-26(3)41)36(30-13-10-27(42)20-31(30)40)45-38(48(33)22-29)37-25(2)15-19-49-37/h5-8,10,12-16,19-20,26,28-29,36-37H,1-2,9,11,17-18,21-24H2,3-4H3/t26?,28?,29-,36-,37?/m0/s1. The number of benzene rings is 1. The van der Waals surface area contributed by atoms with E-state index in [0.29, 0.717) is 17.9 Å². The van der Waals surface area contributed by atoms with Crippen LogP contribution in [0.4, 0.5) is 8.78 Å². The number of aromatic nitrogens is 1. The first-order chi connectivity index (χ1) is 23.6. The maximum Gasteiger partial charge on any atom is 0.124 e. The van der Waals surface area contributed by atoms with Gasteiger partial charge in [0.15, 0.2) is 0 Å². The highest BCUT2D eigenvalue weighted by Gasteiger charge is 2.45. The Balaban J connectivity index is 1.20. The zero-order valence-electron chi connectivity index (χ0n) is 28.1. The summed E-state index contributed by atoms with van der Waals surface area (Å²) in [5, 5.41) is 2.36. The number of amidine groups is 1. The minimum Gasteiger partial charge on any atom is -0.372 e. The summed E-state index contributed by atoms with van der Waals surface area (Å²) in [6, 6.07) is 10.3. The molecule has 5 aliphatic heterocycles. The molecule has 0 saturated carbocycles. The molecule has 7 rings (SSSR count). The molecule has 2 saturated heterocycles. The summed E-state index contributed by atoms with van der Waals surface area (Å²) < 4.78 is 28.1. The van der Waals surface area contributed by atoms with Crippen LogP contribution < -0.4 is 0 Å². The molecule has 0 N–H and O–H groups in total. The largest absolute Gasteiger partial charge is 0.372 e. The normalized spacial score (nSPS) is 26.5. The Kier molecular flexibility index (Phi) is 9.70. The second-order valence-electron chi connectivity index (χ2n) is 14.0. The van der Waals surface area contributed by atoms with E-state index in [1.807, 2.05) is 30.6 Å². The van der Waals surface area contributed by atoms with Gasteiger partial charge in [-0.25, -0.2) is 8.78 Å². The summed E-state index contributed by atoms with van der Waals surface area (Å²) in [5.41, 5.74) is 5.90. The van der Waals surface area contributed by atoms with E-state index in [4.69, 9.17) is 21.6 Å². The smallest absolute Gasteiger partial charge is 0.124 e. The average molecular weight is 701 g/mol. The number of likely N-dealkylation sites (tertiary alicyclic amines) is 1. The Morgan fingerprint density at radius 1 is 1.20 bits per heavy atom. The van der Waals surface area contributed by atoms with Crippen molar-refractivity contribution in [3.05, 3.63) is 125 Å². The number of allylic oxidation sites excluding steroid dienone is 2. The average Bonchev–Trinajstić information content (AvgIpc) is 3.83. The zero-order valence-corrected chi connectivity index (χ0v) is 29.7. The molecular weight excluding hydrogens is 658 g/mol. The van der Waals surface area contributed by atoms with Crippen molar-refractivity contribution in [1.29, 1.82) is 0 Å². The van der Waals surface area contributed by atoms with Crippen molar-refractivity contribution >= 4 is 34.9 Å². The van der Waals surface area contributed by atoms with Crippen molar-refractivity contribution in [2.45, 2.75) is 68.1 Å². The van der Waals surface area contributed by atoms with Crippen molar-refractivity contribution in [1.82, 2.24) is 19.7 Å². The molecule has 0 spiro atoms. The number of fused-ring (bicyclic) bond motifs is 1. The van der Waals surface area contributed by atoms with E-state index >= 15 is 0 Å². The topological polar surface area (TPSA) is 47.3 Å². The molecule has 2 fully saturated rings. The van der Waals surface area contributed by atoms with Gasteiger partial charge in [0.2, 0.25) is 0 Å². The molecule has 0 radical (unpaired) electrons. The first-order valence-corrected chi connectivity index (χ1v) is 18.4. The second kappa shape index (κ2) is 14.0. The number of hydrogen-bond donors (Lipinski definition) is 0. The number of nitrogens with zero attached hydrogens (tertiary/aromatic N) is 6. The van der Waals surface area contributed by atoms with Crippen LogP contribution in [0.15, 0.2) is 112 Å². The third-order valence-electron chi connectivity index (χ3n) is 10.3. The quantitative estimate of drug-likeness (QED) is 0.224. The zero-order chi connectivity index (χ0) is 34.3. The van der Waals surface area contributed by atoms with E-state index in [-0.39, 0.29) is 22.7 Å². The molecule has 10 heteroatoms. The third-order valence-corrected chi connectivity index (χ3v) is 11.7. The molecule has 256 valence electrons. The van der Waals surface area contributed by atoms with E-state index in [2.05, 4.69) is 63.4 Å². The fourth-order valence-electron chi connectivity index (χ4n) is 7.75. The van der Waals surface area contributed by atoms with Crippen LogP contribution >= 0.6 is 23.4 Å². The van der Waals surface area contributed by atoms with E-state index in [0.717, 1.165) is 78.8 Å². The highest BCUT2D eigenvalue weighted by Crippen LogP contribution is 2.46. The number of hydrogen-bond acceptors (Lipinski definition) is 7. The predicted molar refractivity (Wildman–Crippen MR) is 198 cm³/mol. The Hall–Kier alpha value is -3.53. The van der Waals surface area contributed by atoms with Gasteiger partial charge in [0, 0.05) is 78.3 Å². The number of aliphatic imine (C=N–C) groups is 2. The number of halogens is 3. The van der Waals surface area contributed by atoms with Crippen molar-refractivity contribution < 1.29 is 8.78 Å². The van der Waals surface area contributed by atoms with Gasteiger partial charge in [0.1, 0.15) is 17.7 Å². The minimum absolute atomic E-state index is 0.0422. The molecule has 0 amide bonds. The van der Waals surface area contributed by atoms with Gasteiger partial charge in [0.05, 0.1) is 29.2 Å². The summed E-state index contributed by atoms with van der Waals surface area (Å²) in [6.07, 6.45) is 11.0. The van der Waals surface area contributed by atoms with Crippen LogP contribution in [0.5, 0.6) is 0 Å². The highest BCUT2D eigenvalue weighted by atomic mass is 35.5. The van der Waals surface area contributed by atoms with Gasteiger partial charge in [-0.15, -0.1) is 11.8 Å². The molecule has 0 bridgehead atoms. The summed E-state index contributed by atoms with van der Waals surface area (Å²) >= 11 is 8.47. The van der Waals surface area contributed by atoms with Crippen molar-refractivity contribution in [2.24, 2.45) is 9.98 Å². The lowest BCUT2D eigenvalue weighted by Gasteiger charge is -2.48. The molecule has 49 heavy (non-hydrogen) atoms. The molecule has 6 heterocycles. The van der Waals surface area contributed by atoms with E-state index in [1.54, 1.807) is 24.8 Å². The van der Waals surface area contributed by atoms with Crippen LogP contribution in [-0.2, 0) is 5.41 Å². The molecule has 1 aromatic heterocycles. The molecule has 3 unspecified atom stereocenters. The Labute approximate surface area is 297 Å². The maximum atomic E-state index is 14.3. The van der Waals surface area contributed by atoms with Gasteiger partial charge < -0.3 is 9.80 Å². The highest BCUT2D eigenvalue weighted by molar-refractivity contribution is 8.03. The Morgan fingerprint density at radius 2 is 2.04 bits per heavy atom. The number of thioether (sulfide) groups is 1. The van der Waals surface area contributed by atoms with Crippen molar-refractivity contribution in [3.63, 3.8) is 0 Å². The van der Waals surface area contributed by atoms with Crippen molar-refractivity contribution in [2.75, 3.05) is 32.7 Å². The third kappa shape index (κ3) is 6.82. The van der Waals surface area contributed by atoms with Crippen molar-refractivity contribution in [3.8, 4) is 0 Å². The van der Waals surface area contributed by atoms with Crippen LogP contribution in [0, 0.1) is 5.82 Å². The van der Waals surface area contributed by atoms with Crippen LogP contribution in [0.25, 0.3) is 0 Å². The van der Waals surface area contributed by atoms with Gasteiger partial charge in [-0.05, 0) is 67.3 Å². The summed E-state index contributed by atoms with van der Waals surface area (Å²) in [7, 11) is 0. The van der Waals surface area contributed by atoms with Crippen LogP contribution in [-0.4, -0.2) is 87.5 Å². The fraction of sp³-hybridized carbons (Fsp3) is 0.410. The Bertz CT molecular complexity index is 1760. The van der Waals surface area contributed by atoms with Gasteiger partial charge in [-0.3, -0.25) is 19.9 Å². The van der Waals surface area contributed by atoms with E-state index in [1.165, 1.54) is 12.1 Å². The molecule has 6 nitrogen and oxygen atoms in total. The number of rotatable bonds is 12. The first kappa shape index (κ1) is 33.9. The van der Waals surface area contributed by atoms with Crippen LogP contribution in [0.2, 0.25) is 5.02 Å². The van der Waals surface area contributed by atoms with E-state index < -0.39 is 18.0 Å². The number of alkyl halides is 1. The van der Waals surface area contributed by atoms with Crippen LogP contribution in [0.3, 0.4) is 0 Å². The molecular formula is C39H43ClF2N6S. The summed E-state index contributed by atoms with van der Waals surface area (Å²) in [4.78, 5) is 22.4.